The molecule has 0 radical (unpaired) electrons. The molecule has 2 rings (SSSR count). The maximum atomic E-state index is 13.7. The summed E-state index contributed by atoms with van der Waals surface area (Å²) in [5.41, 5.74) is 6.09. The average molecular weight is 280 g/mol. The molecule has 2 unspecified atom stereocenters. The molecule has 5 heteroatoms. The monoisotopic (exact) mass is 280 g/mol. The highest BCUT2D eigenvalue weighted by atomic mass is 19.1. The maximum Gasteiger partial charge on any atom is 0.256 e. The molecule has 2 atom stereocenters. The Balaban J connectivity index is 2.07. The van der Waals surface area contributed by atoms with Gasteiger partial charge < -0.3 is 15.7 Å². The smallest absolute Gasteiger partial charge is 0.256 e. The minimum atomic E-state index is -0.497. The van der Waals surface area contributed by atoms with Crippen molar-refractivity contribution in [1.29, 1.82) is 0 Å². The summed E-state index contributed by atoms with van der Waals surface area (Å²) in [4.78, 5) is 14.0. The molecule has 0 aromatic heterocycles. The number of halogens is 1. The number of piperidine rings is 1. The van der Waals surface area contributed by atoms with E-state index in [0.29, 0.717) is 19.5 Å². The fourth-order valence-electron chi connectivity index (χ4n) is 2.81. The van der Waals surface area contributed by atoms with E-state index in [0.717, 1.165) is 12.8 Å². The van der Waals surface area contributed by atoms with Crippen LogP contribution in [0.25, 0.3) is 0 Å². The first-order chi connectivity index (χ1) is 9.61. The minimum Gasteiger partial charge on any atom is -0.396 e. The second-order valence-electron chi connectivity index (χ2n) is 5.42. The van der Waals surface area contributed by atoms with Crippen LogP contribution in [0.2, 0.25) is 0 Å². The summed E-state index contributed by atoms with van der Waals surface area (Å²) >= 11 is 0. The number of nitrogens with zero attached hydrogens (tertiary/aromatic N) is 1. The summed E-state index contributed by atoms with van der Waals surface area (Å²) in [5.74, 6) is -0.516. The molecule has 1 saturated heterocycles. The van der Waals surface area contributed by atoms with Gasteiger partial charge in [0.2, 0.25) is 0 Å². The first-order valence-electron chi connectivity index (χ1n) is 7.02. The van der Waals surface area contributed by atoms with Crippen LogP contribution in [0.3, 0.4) is 0 Å². The van der Waals surface area contributed by atoms with Gasteiger partial charge in [0.05, 0.1) is 5.56 Å². The van der Waals surface area contributed by atoms with Crippen LogP contribution in [-0.2, 0) is 0 Å². The Morgan fingerprint density at radius 2 is 2.15 bits per heavy atom. The third-order valence-electron chi connectivity index (χ3n) is 3.73. The topological polar surface area (TPSA) is 66.6 Å². The number of aliphatic hydroxyl groups is 1. The van der Waals surface area contributed by atoms with Crippen molar-refractivity contribution in [3.05, 3.63) is 35.6 Å². The summed E-state index contributed by atoms with van der Waals surface area (Å²) in [6.45, 7) is 1.19. The van der Waals surface area contributed by atoms with Crippen LogP contribution in [0.15, 0.2) is 24.3 Å². The maximum absolute atomic E-state index is 13.7. The van der Waals surface area contributed by atoms with Gasteiger partial charge in [0.25, 0.3) is 5.91 Å². The van der Waals surface area contributed by atoms with E-state index in [4.69, 9.17) is 10.8 Å². The van der Waals surface area contributed by atoms with Crippen LogP contribution in [-0.4, -0.2) is 41.7 Å². The van der Waals surface area contributed by atoms with Gasteiger partial charge in [0.15, 0.2) is 0 Å². The fraction of sp³-hybridized carbons (Fsp3) is 0.533. The number of benzene rings is 1. The number of rotatable bonds is 4. The first kappa shape index (κ1) is 14.9. The molecular formula is C15H21FN2O2. The third kappa shape index (κ3) is 3.55. The normalized spacial score (nSPS) is 22.9. The van der Waals surface area contributed by atoms with Crippen molar-refractivity contribution < 1.29 is 14.3 Å². The Morgan fingerprint density at radius 1 is 1.40 bits per heavy atom. The number of hydrogen-bond acceptors (Lipinski definition) is 3. The second kappa shape index (κ2) is 6.81. The Kier molecular flexibility index (Phi) is 5.09. The van der Waals surface area contributed by atoms with E-state index in [2.05, 4.69) is 0 Å². The molecule has 1 aromatic rings. The van der Waals surface area contributed by atoms with Gasteiger partial charge in [0, 0.05) is 25.7 Å². The number of aliphatic hydroxyl groups excluding tert-OH is 1. The lowest BCUT2D eigenvalue weighted by Gasteiger charge is -2.36. The molecule has 110 valence electrons. The molecule has 20 heavy (non-hydrogen) atoms. The molecule has 3 N–H and O–H groups in total. The molecule has 0 saturated carbocycles. The standard InChI is InChI=1S/C15H21FN2O2/c16-14-6-2-1-5-13(14)15(20)18-9-11(4-3-7-19)8-12(17)10-18/h1-2,5-6,11-12,19H,3-4,7-10,17H2. The Labute approximate surface area is 118 Å². The summed E-state index contributed by atoms with van der Waals surface area (Å²) in [6, 6.07) is 5.94. The van der Waals surface area contributed by atoms with Gasteiger partial charge in [-0.05, 0) is 37.3 Å². The molecule has 1 aromatic carbocycles. The van der Waals surface area contributed by atoms with Crippen molar-refractivity contribution >= 4 is 5.91 Å². The van der Waals surface area contributed by atoms with E-state index in [-0.39, 0.29) is 30.0 Å². The zero-order chi connectivity index (χ0) is 14.5. The lowest BCUT2D eigenvalue weighted by atomic mass is 9.90. The van der Waals surface area contributed by atoms with Crippen LogP contribution in [0.1, 0.15) is 29.6 Å². The van der Waals surface area contributed by atoms with Crippen LogP contribution in [0, 0.1) is 11.7 Å². The van der Waals surface area contributed by atoms with E-state index in [1.165, 1.54) is 12.1 Å². The van der Waals surface area contributed by atoms with E-state index < -0.39 is 5.82 Å². The average Bonchev–Trinajstić information content (AvgIpc) is 2.44. The number of nitrogens with two attached hydrogens (primary N) is 1. The van der Waals surface area contributed by atoms with Gasteiger partial charge >= 0.3 is 0 Å². The Morgan fingerprint density at radius 3 is 2.85 bits per heavy atom. The van der Waals surface area contributed by atoms with Gasteiger partial charge in [0.1, 0.15) is 5.82 Å². The molecule has 1 aliphatic rings. The number of likely N-dealkylation sites (tertiary alicyclic amines) is 1. The SMILES string of the molecule is NC1CC(CCCO)CN(C(=O)c2ccccc2F)C1. The van der Waals surface area contributed by atoms with Gasteiger partial charge in [-0.3, -0.25) is 4.79 Å². The predicted molar refractivity (Wildman–Crippen MR) is 74.7 cm³/mol. The number of hydrogen-bond donors (Lipinski definition) is 2. The number of amides is 1. The van der Waals surface area contributed by atoms with Crippen molar-refractivity contribution in [2.75, 3.05) is 19.7 Å². The van der Waals surface area contributed by atoms with Gasteiger partial charge in [-0.1, -0.05) is 12.1 Å². The molecule has 4 nitrogen and oxygen atoms in total. The van der Waals surface area contributed by atoms with Crippen molar-refractivity contribution in [1.82, 2.24) is 4.90 Å². The molecule has 1 aliphatic heterocycles. The van der Waals surface area contributed by atoms with Crippen molar-refractivity contribution in [3.8, 4) is 0 Å². The van der Waals surface area contributed by atoms with Crippen molar-refractivity contribution in [2.24, 2.45) is 11.7 Å². The molecule has 0 bridgehead atoms. The summed E-state index contributed by atoms with van der Waals surface area (Å²) in [5, 5.41) is 8.89. The zero-order valence-electron chi connectivity index (χ0n) is 11.5. The Bertz CT molecular complexity index is 467. The highest BCUT2D eigenvalue weighted by Gasteiger charge is 2.29. The summed E-state index contributed by atoms with van der Waals surface area (Å²) < 4.78 is 13.7. The van der Waals surface area contributed by atoms with Crippen LogP contribution >= 0.6 is 0 Å². The van der Waals surface area contributed by atoms with Crippen LogP contribution < -0.4 is 5.73 Å². The minimum absolute atomic E-state index is 0.0804. The quantitative estimate of drug-likeness (QED) is 0.876. The zero-order valence-corrected chi connectivity index (χ0v) is 11.5. The lowest BCUT2D eigenvalue weighted by Crippen LogP contribution is -2.49. The largest absolute Gasteiger partial charge is 0.396 e. The van der Waals surface area contributed by atoms with E-state index in [1.807, 2.05) is 0 Å². The van der Waals surface area contributed by atoms with Crippen molar-refractivity contribution in [2.45, 2.75) is 25.3 Å². The predicted octanol–water partition coefficient (Wildman–Crippen LogP) is 1.39. The highest BCUT2D eigenvalue weighted by molar-refractivity contribution is 5.94. The van der Waals surface area contributed by atoms with E-state index in [1.54, 1.807) is 17.0 Å². The molecule has 1 heterocycles. The fourth-order valence-corrected chi connectivity index (χ4v) is 2.81. The number of carbonyl (C=O) groups excluding carboxylic acids is 1. The second-order valence-corrected chi connectivity index (χ2v) is 5.42. The Hall–Kier alpha value is -1.46. The lowest BCUT2D eigenvalue weighted by molar-refractivity contribution is 0.0633. The van der Waals surface area contributed by atoms with E-state index in [9.17, 15) is 9.18 Å². The van der Waals surface area contributed by atoms with Gasteiger partial charge in [-0.15, -0.1) is 0 Å². The van der Waals surface area contributed by atoms with Gasteiger partial charge in [-0.2, -0.15) is 0 Å². The molecular weight excluding hydrogens is 259 g/mol. The number of carbonyl (C=O) groups is 1. The third-order valence-corrected chi connectivity index (χ3v) is 3.73. The molecule has 1 fully saturated rings. The molecule has 0 spiro atoms. The first-order valence-corrected chi connectivity index (χ1v) is 7.02. The highest BCUT2D eigenvalue weighted by Crippen LogP contribution is 2.22. The molecule has 1 amide bonds. The molecule has 0 aliphatic carbocycles. The summed E-state index contributed by atoms with van der Waals surface area (Å²) in [7, 11) is 0. The van der Waals surface area contributed by atoms with E-state index >= 15 is 0 Å². The van der Waals surface area contributed by atoms with Crippen molar-refractivity contribution in [3.63, 3.8) is 0 Å². The van der Waals surface area contributed by atoms with Crippen LogP contribution in [0.5, 0.6) is 0 Å². The van der Waals surface area contributed by atoms with Crippen LogP contribution in [0.4, 0.5) is 4.39 Å². The van der Waals surface area contributed by atoms with Gasteiger partial charge in [-0.25, -0.2) is 4.39 Å². The summed E-state index contributed by atoms with van der Waals surface area (Å²) in [6.07, 6.45) is 2.39.